The van der Waals surface area contributed by atoms with Crippen molar-refractivity contribution in [3.05, 3.63) is 69.8 Å². The summed E-state index contributed by atoms with van der Waals surface area (Å²) in [7, 11) is 0. The maximum atomic E-state index is 12.6. The second-order valence-corrected chi connectivity index (χ2v) is 7.76. The summed E-state index contributed by atoms with van der Waals surface area (Å²) in [5, 5.41) is 15.0. The van der Waals surface area contributed by atoms with Crippen molar-refractivity contribution in [3.63, 3.8) is 0 Å². The van der Waals surface area contributed by atoms with Crippen molar-refractivity contribution in [2.45, 2.75) is 39.7 Å². The number of aliphatic carboxylic acids is 1. The summed E-state index contributed by atoms with van der Waals surface area (Å²) in [5.74, 6) is -1.20. The van der Waals surface area contributed by atoms with E-state index in [4.69, 9.17) is 8.83 Å². The van der Waals surface area contributed by atoms with Gasteiger partial charge in [-0.15, -0.1) is 0 Å². The molecule has 7 heteroatoms. The zero-order valence-electron chi connectivity index (χ0n) is 18.0. The van der Waals surface area contributed by atoms with E-state index in [9.17, 15) is 19.5 Å². The van der Waals surface area contributed by atoms with Gasteiger partial charge in [0.05, 0.1) is 24.0 Å². The van der Waals surface area contributed by atoms with Gasteiger partial charge in [0, 0.05) is 22.4 Å². The number of carboxylic acid groups (broad SMARTS) is 1. The van der Waals surface area contributed by atoms with Crippen molar-refractivity contribution >= 4 is 33.8 Å². The highest BCUT2D eigenvalue weighted by molar-refractivity contribution is 6.03. The molecule has 0 bridgehead atoms. The molecule has 0 spiro atoms. The van der Waals surface area contributed by atoms with E-state index in [2.05, 4.69) is 5.32 Å². The molecule has 2 heterocycles. The van der Waals surface area contributed by atoms with Crippen LogP contribution in [0, 0.1) is 13.8 Å². The van der Waals surface area contributed by atoms with Crippen molar-refractivity contribution < 1.29 is 23.5 Å². The lowest BCUT2D eigenvalue weighted by Crippen LogP contribution is -2.48. The molecule has 2 aromatic carbocycles. The second-order valence-electron chi connectivity index (χ2n) is 7.76. The Morgan fingerprint density at radius 1 is 1.03 bits per heavy atom. The van der Waals surface area contributed by atoms with Gasteiger partial charge in [-0.3, -0.25) is 4.79 Å². The predicted octanol–water partition coefficient (Wildman–Crippen LogP) is 3.01. The van der Waals surface area contributed by atoms with Crippen molar-refractivity contribution in [2.75, 3.05) is 0 Å². The van der Waals surface area contributed by atoms with Crippen LogP contribution in [0.15, 0.2) is 56.1 Å². The van der Waals surface area contributed by atoms with Gasteiger partial charge in [0.15, 0.2) is 0 Å². The Morgan fingerprint density at radius 3 is 2.38 bits per heavy atom. The molecular weight excluding hydrogens is 410 g/mol. The first-order valence-corrected chi connectivity index (χ1v) is 10.3. The third-order valence-corrected chi connectivity index (χ3v) is 5.70. The van der Waals surface area contributed by atoms with Crippen molar-refractivity contribution in [1.29, 1.82) is 0 Å². The van der Waals surface area contributed by atoms with Crippen LogP contribution in [0.4, 0.5) is 0 Å². The molecule has 0 aliphatic rings. The zero-order valence-corrected chi connectivity index (χ0v) is 18.0. The van der Waals surface area contributed by atoms with E-state index < -0.39 is 23.5 Å². The van der Waals surface area contributed by atoms with Crippen LogP contribution in [0.2, 0.25) is 0 Å². The number of furan rings is 1. The first-order chi connectivity index (χ1) is 15.3. The summed E-state index contributed by atoms with van der Waals surface area (Å²) in [4.78, 5) is 36.1. The molecule has 0 saturated heterocycles. The number of rotatable bonds is 6. The topological polar surface area (TPSA) is 113 Å². The van der Waals surface area contributed by atoms with Gasteiger partial charge in [0.25, 0.3) is 0 Å². The van der Waals surface area contributed by atoms with Crippen LogP contribution < -0.4 is 16.0 Å². The number of carbonyl (C=O) groups excluding carboxylic acids is 2. The summed E-state index contributed by atoms with van der Waals surface area (Å²) in [6, 6.07) is 12.3. The van der Waals surface area contributed by atoms with Crippen LogP contribution in [-0.2, 0) is 16.0 Å². The second kappa shape index (κ2) is 8.34. The Morgan fingerprint density at radius 2 is 1.72 bits per heavy atom. The Bertz CT molecular complexity index is 1400. The number of benzene rings is 2. The van der Waals surface area contributed by atoms with E-state index in [-0.39, 0.29) is 18.4 Å². The summed E-state index contributed by atoms with van der Waals surface area (Å²) < 4.78 is 11.4. The number of hydrogen-bond acceptors (Lipinski definition) is 6. The Kier molecular flexibility index (Phi) is 5.57. The van der Waals surface area contributed by atoms with Crippen LogP contribution in [0.3, 0.4) is 0 Å². The maximum Gasteiger partial charge on any atom is 0.340 e. The molecule has 0 unspecified atom stereocenters. The van der Waals surface area contributed by atoms with Gasteiger partial charge in [0.2, 0.25) is 5.91 Å². The van der Waals surface area contributed by atoms with Gasteiger partial charge in [-0.25, -0.2) is 4.79 Å². The summed E-state index contributed by atoms with van der Waals surface area (Å²) in [5.41, 5.74) is 3.06. The summed E-state index contributed by atoms with van der Waals surface area (Å²) in [6.07, 6.45) is -0.110. The van der Waals surface area contributed by atoms with Gasteiger partial charge < -0.3 is 24.1 Å². The molecule has 1 atom stereocenters. The third kappa shape index (κ3) is 3.77. The average Bonchev–Trinajstić information content (AvgIpc) is 3.08. The minimum Gasteiger partial charge on any atom is -0.548 e. The summed E-state index contributed by atoms with van der Waals surface area (Å²) in [6.45, 7) is 5.25. The molecule has 0 aliphatic carbocycles. The normalized spacial score (nSPS) is 12.2. The van der Waals surface area contributed by atoms with E-state index in [1.54, 1.807) is 19.9 Å². The number of aryl methyl sites for hydroxylation is 2. The molecule has 4 aromatic rings. The first-order valence-electron chi connectivity index (χ1n) is 10.3. The molecule has 4 rings (SSSR count). The Hall–Kier alpha value is -3.87. The SMILES string of the molecule is CC[C@H](NC(=O)Cc1c(C)c2cc3c(-c4ccccc4)c(C)oc3cc2oc1=O)C(=O)[O-]. The summed E-state index contributed by atoms with van der Waals surface area (Å²) >= 11 is 0. The highest BCUT2D eigenvalue weighted by atomic mass is 16.4. The number of carbonyl (C=O) groups is 2. The highest BCUT2D eigenvalue weighted by Gasteiger charge is 2.20. The fourth-order valence-electron chi connectivity index (χ4n) is 4.00. The molecule has 32 heavy (non-hydrogen) atoms. The molecule has 0 aliphatic heterocycles. The van der Waals surface area contributed by atoms with E-state index in [1.165, 1.54) is 0 Å². The molecule has 1 amide bonds. The van der Waals surface area contributed by atoms with Gasteiger partial charge in [0.1, 0.15) is 16.9 Å². The van der Waals surface area contributed by atoms with Crippen LogP contribution in [0.25, 0.3) is 33.1 Å². The standard InChI is InChI=1S/C25H23NO6/c1-4-19(24(28)29)26-22(27)11-17-13(2)16-10-18-21(12-20(16)32-25(17)30)31-14(3)23(18)15-8-6-5-7-9-15/h5-10,12,19H,4,11H2,1-3H3,(H,26,27)(H,28,29)/p-1/t19-/m0/s1. The highest BCUT2D eigenvalue weighted by Crippen LogP contribution is 2.37. The van der Waals surface area contributed by atoms with E-state index in [1.807, 2.05) is 43.3 Å². The van der Waals surface area contributed by atoms with E-state index >= 15 is 0 Å². The molecule has 2 aromatic heterocycles. The first kappa shape index (κ1) is 21.4. The maximum absolute atomic E-state index is 12.6. The van der Waals surface area contributed by atoms with Crippen molar-refractivity contribution in [1.82, 2.24) is 5.32 Å². The number of fused-ring (bicyclic) bond motifs is 2. The van der Waals surface area contributed by atoms with Gasteiger partial charge in [-0.1, -0.05) is 37.3 Å². The van der Waals surface area contributed by atoms with Crippen LogP contribution in [-0.4, -0.2) is 17.9 Å². The quantitative estimate of drug-likeness (QED) is 0.469. The van der Waals surface area contributed by atoms with E-state index in [0.29, 0.717) is 22.1 Å². The zero-order chi connectivity index (χ0) is 23.0. The van der Waals surface area contributed by atoms with Gasteiger partial charge in [-0.2, -0.15) is 0 Å². The fourth-order valence-corrected chi connectivity index (χ4v) is 4.00. The predicted molar refractivity (Wildman–Crippen MR) is 118 cm³/mol. The molecule has 0 radical (unpaired) electrons. The molecular formula is C25H22NO6-. The Labute approximate surface area is 183 Å². The molecule has 0 fully saturated rings. The van der Waals surface area contributed by atoms with Gasteiger partial charge >= 0.3 is 5.63 Å². The lowest BCUT2D eigenvalue weighted by molar-refractivity contribution is -0.308. The number of carboxylic acids is 1. The molecule has 0 saturated carbocycles. The molecule has 7 nitrogen and oxygen atoms in total. The molecule has 164 valence electrons. The van der Waals surface area contributed by atoms with Crippen molar-refractivity contribution in [3.8, 4) is 11.1 Å². The molecule has 1 N–H and O–H groups in total. The monoisotopic (exact) mass is 432 g/mol. The lowest BCUT2D eigenvalue weighted by Gasteiger charge is -2.18. The smallest absolute Gasteiger partial charge is 0.340 e. The van der Waals surface area contributed by atoms with Crippen LogP contribution in [0.5, 0.6) is 0 Å². The van der Waals surface area contributed by atoms with Crippen LogP contribution in [0.1, 0.15) is 30.2 Å². The minimum absolute atomic E-state index is 0.180. The lowest BCUT2D eigenvalue weighted by atomic mass is 9.98. The average molecular weight is 432 g/mol. The number of amides is 1. The van der Waals surface area contributed by atoms with E-state index in [0.717, 1.165) is 22.3 Å². The largest absolute Gasteiger partial charge is 0.548 e. The van der Waals surface area contributed by atoms with Gasteiger partial charge in [-0.05, 0) is 37.5 Å². The number of nitrogens with one attached hydrogen (secondary N) is 1. The minimum atomic E-state index is -1.37. The van der Waals surface area contributed by atoms with Crippen molar-refractivity contribution in [2.24, 2.45) is 0 Å². The van der Waals surface area contributed by atoms with Crippen LogP contribution >= 0.6 is 0 Å². The Balaban J connectivity index is 1.81. The fraction of sp³-hybridized carbons (Fsp3) is 0.240. The third-order valence-electron chi connectivity index (χ3n) is 5.70. The number of hydrogen-bond donors (Lipinski definition) is 1.